The molecule has 0 radical (unpaired) electrons. The highest BCUT2D eigenvalue weighted by atomic mass is 15.1. The van der Waals surface area contributed by atoms with Crippen molar-refractivity contribution in [3.8, 4) is 44.5 Å². The molecule has 0 heterocycles. The van der Waals surface area contributed by atoms with Gasteiger partial charge in [0, 0.05) is 22.2 Å². The minimum Gasteiger partial charge on any atom is -0.310 e. The first kappa shape index (κ1) is 37.1. The third-order valence-electron chi connectivity index (χ3n) is 13.9. The maximum Gasteiger partial charge on any atom is 0.0714 e. The van der Waals surface area contributed by atoms with E-state index in [2.05, 4.69) is 255 Å². The van der Waals surface area contributed by atoms with Crippen LogP contribution in [-0.4, -0.2) is 0 Å². The van der Waals surface area contributed by atoms with Gasteiger partial charge in [0.05, 0.1) is 11.1 Å². The average Bonchev–Trinajstić information content (AvgIpc) is 3.77. The first-order chi connectivity index (χ1) is 31.0. The highest BCUT2D eigenvalue weighted by molar-refractivity contribution is 6.08. The predicted molar refractivity (Wildman–Crippen MR) is 264 cm³/mol. The van der Waals surface area contributed by atoms with Gasteiger partial charge in [0.2, 0.25) is 0 Å². The lowest BCUT2D eigenvalue weighted by Crippen LogP contribution is -2.28. The van der Waals surface area contributed by atoms with Gasteiger partial charge in [-0.25, -0.2) is 0 Å². The average molecular weight is 804 g/mol. The van der Waals surface area contributed by atoms with Gasteiger partial charge in [0.15, 0.2) is 0 Å². The van der Waals surface area contributed by atoms with Gasteiger partial charge in [0.25, 0.3) is 0 Å². The lowest BCUT2D eigenvalue weighted by molar-refractivity contribution is 0.666. The molecule has 0 bridgehead atoms. The van der Waals surface area contributed by atoms with Crippen LogP contribution in [0.4, 0.5) is 17.1 Å². The van der Waals surface area contributed by atoms with Crippen LogP contribution >= 0.6 is 0 Å². The molecular formula is C62H45N. The summed E-state index contributed by atoms with van der Waals surface area (Å²) < 4.78 is 0. The fraction of sp³-hybridized carbons (Fsp3) is 0.0645. The van der Waals surface area contributed by atoms with Gasteiger partial charge in [-0.3, -0.25) is 0 Å². The van der Waals surface area contributed by atoms with E-state index < -0.39 is 5.41 Å². The second kappa shape index (κ2) is 14.4. The summed E-state index contributed by atoms with van der Waals surface area (Å²) in [5, 5.41) is 2.52. The molecule has 10 aromatic carbocycles. The Morgan fingerprint density at radius 2 is 0.825 bits per heavy atom. The van der Waals surface area contributed by atoms with Crippen LogP contribution in [0.25, 0.3) is 55.3 Å². The molecule has 12 rings (SSSR count). The molecule has 0 aliphatic heterocycles. The molecular weight excluding hydrogens is 759 g/mol. The van der Waals surface area contributed by atoms with Crippen molar-refractivity contribution >= 4 is 27.8 Å². The van der Waals surface area contributed by atoms with Gasteiger partial charge in [-0.15, -0.1) is 0 Å². The number of benzene rings is 10. The van der Waals surface area contributed by atoms with Crippen LogP contribution in [0.1, 0.15) is 47.2 Å². The Hall–Kier alpha value is -7.74. The number of hydrogen-bond acceptors (Lipinski definition) is 1. The Kier molecular flexibility index (Phi) is 8.49. The van der Waals surface area contributed by atoms with Crippen LogP contribution in [0.5, 0.6) is 0 Å². The molecule has 0 saturated heterocycles. The second-order valence-electron chi connectivity index (χ2n) is 17.6. The third-order valence-corrected chi connectivity index (χ3v) is 13.9. The topological polar surface area (TPSA) is 3.24 Å². The van der Waals surface area contributed by atoms with Crippen LogP contribution in [0, 0.1) is 0 Å². The molecule has 0 fully saturated rings. The van der Waals surface area contributed by atoms with Crippen LogP contribution in [0.3, 0.4) is 0 Å². The first-order valence-corrected chi connectivity index (χ1v) is 22.1. The number of rotatable bonds is 7. The number of fused-ring (bicyclic) bond motifs is 8. The van der Waals surface area contributed by atoms with Crippen molar-refractivity contribution in [2.45, 2.75) is 24.7 Å². The zero-order valence-electron chi connectivity index (χ0n) is 35.5. The van der Waals surface area contributed by atoms with E-state index in [4.69, 9.17) is 0 Å². The summed E-state index contributed by atoms with van der Waals surface area (Å²) in [6.07, 6.45) is 0. The number of hydrogen-bond donors (Lipinski definition) is 0. The molecule has 1 nitrogen and oxygen atoms in total. The molecule has 0 N–H and O–H groups in total. The van der Waals surface area contributed by atoms with Gasteiger partial charge in [-0.1, -0.05) is 214 Å². The van der Waals surface area contributed by atoms with E-state index in [0.717, 1.165) is 17.1 Å². The molecule has 0 spiro atoms. The molecule has 2 aliphatic rings. The molecule has 0 unspecified atom stereocenters. The third kappa shape index (κ3) is 5.63. The van der Waals surface area contributed by atoms with Crippen molar-refractivity contribution in [2.75, 3.05) is 4.90 Å². The number of nitrogens with zero attached hydrogens (tertiary/aromatic N) is 1. The Balaban J connectivity index is 1.14. The summed E-state index contributed by atoms with van der Waals surface area (Å²) in [4.78, 5) is 2.52. The van der Waals surface area contributed by atoms with Gasteiger partial charge >= 0.3 is 0 Å². The molecule has 63 heavy (non-hydrogen) atoms. The molecule has 298 valence electrons. The molecule has 2 aliphatic carbocycles. The van der Waals surface area contributed by atoms with E-state index in [9.17, 15) is 0 Å². The molecule has 0 atom stereocenters. The Morgan fingerprint density at radius 3 is 1.49 bits per heavy atom. The van der Waals surface area contributed by atoms with Crippen LogP contribution in [0.2, 0.25) is 0 Å². The van der Waals surface area contributed by atoms with E-state index in [0.29, 0.717) is 0 Å². The van der Waals surface area contributed by atoms with Crippen molar-refractivity contribution in [3.05, 3.63) is 270 Å². The summed E-state index contributed by atoms with van der Waals surface area (Å²) in [5.74, 6) is 0. The van der Waals surface area contributed by atoms with Crippen LogP contribution in [0.15, 0.2) is 237 Å². The van der Waals surface area contributed by atoms with Crippen molar-refractivity contribution in [1.29, 1.82) is 0 Å². The molecule has 10 aromatic rings. The highest BCUT2D eigenvalue weighted by Crippen LogP contribution is 2.59. The molecule has 0 aromatic heterocycles. The SMILES string of the molecule is CC1(C)c2ccc(-c3ccccc3)cc2-c2cc(N(c3ccc(-c4ccccc4)cc3)c3ccc4c(c3)C(c3ccccc3)(c3ccccc3)c3ccccc3-4)c3ccccc3c21. The molecule has 0 amide bonds. The standard InChI is InChI=1S/C62H45N/c1-61(2)56-38-33-45(43-21-9-4-10-22-43)39-54(56)55-41-59(52-28-15-16-29-53(52)60(55)61)63(48-34-31-44(32-35-48)42-19-7-3-8-20-42)49-36-37-51-50-27-17-18-30-57(50)62(58(51)40-49,46-23-11-5-12-24-46)47-25-13-6-14-26-47/h3-41H,1-2H3. The van der Waals surface area contributed by atoms with E-state index in [1.54, 1.807) is 0 Å². The van der Waals surface area contributed by atoms with Gasteiger partial charge in [-0.05, 0) is 120 Å². The van der Waals surface area contributed by atoms with E-state index in [1.165, 1.54) is 88.7 Å². The minimum atomic E-state index is -0.524. The summed E-state index contributed by atoms with van der Waals surface area (Å²) in [7, 11) is 0. The highest BCUT2D eigenvalue weighted by Gasteiger charge is 2.46. The fourth-order valence-corrected chi connectivity index (χ4v) is 11.1. The van der Waals surface area contributed by atoms with E-state index >= 15 is 0 Å². The lowest BCUT2D eigenvalue weighted by atomic mass is 9.67. The Morgan fingerprint density at radius 1 is 0.317 bits per heavy atom. The van der Waals surface area contributed by atoms with Gasteiger partial charge in [-0.2, -0.15) is 0 Å². The minimum absolute atomic E-state index is 0.190. The maximum atomic E-state index is 2.52. The normalized spacial score (nSPS) is 13.8. The summed E-state index contributed by atoms with van der Waals surface area (Å²) >= 11 is 0. The molecule has 1 heteroatoms. The van der Waals surface area contributed by atoms with Gasteiger partial charge < -0.3 is 4.90 Å². The van der Waals surface area contributed by atoms with Gasteiger partial charge in [0.1, 0.15) is 0 Å². The summed E-state index contributed by atoms with van der Waals surface area (Å²) in [6, 6.07) is 87.8. The monoisotopic (exact) mass is 803 g/mol. The van der Waals surface area contributed by atoms with Crippen molar-refractivity contribution < 1.29 is 0 Å². The first-order valence-electron chi connectivity index (χ1n) is 22.1. The summed E-state index contributed by atoms with van der Waals surface area (Å²) in [5.41, 5.74) is 20.5. The van der Waals surface area contributed by atoms with Crippen LogP contribution in [-0.2, 0) is 10.8 Å². The largest absolute Gasteiger partial charge is 0.310 e. The maximum absolute atomic E-state index is 2.52. The zero-order valence-corrected chi connectivity index (χ0v) is 35.5. The number of anilines is 3. The Bertz CT molecular complexity index is 3290. The van der Waals surface area contributed by atoms with Crippen molar-refractivity contribution in [1.82, 2.24) is 0 Å². The van der Waals surface area contributed by atoms with Crippen molar-refractivity contribution in [3.63, 3.8) is 0 Å². The quantitative estimate of drug-likeness (QED) is 0.155. The van der Waals surface area contributed by atoms with Crippen molar-refractivity contribution in [2.24, 2.45) is 0 Å². The second-order valence-corrected chi connectivity index (χ2v) is 17.6. The summed E-state index contributed by atoms with van der Waals surface area (Å²) in [6.45, 7) is 4.80. The molecule has 0 saturated carbocycles. The zero-order chi connectivity index (χ0) is 42.1. The predicted octanol–water partition coefficient (Wildman–Crippen LogP) is 16.3. The van der Waals surface area contributed by atoms with E-state index in [-0.39, 0.29) is 5.41 Å². The smallest absolute Gasteiger partial charge is 0.0714 e. The fourth-order valence-electron chi connectivity index (χ4n) is 11.1. The Labute approximate surface area is 370 Å². The van der Waals surface area contributed by atoms with E-state index in [1.807, 2.05) is 0 Å². The van der Waals surface area contributed by atoms with Crippen LogP contribution < -0.4 is 4.90 Å². The lowest BCUT2D eigenvalue weighted by Gasteiger charge is -2.35.